The lowest BCUT2D eigenvalue weighted by Gasteiger charge is -2.18. The van der Waals surface area contributed by atoms with E-state index >= 15 is 0 Å². The standard InChI is InChI=1S/C27H24N2O5S/c1-3-34-27(33)22-20-13-8-15(2)14-21(20)35-24(22)28-23(30)16-9-11-17(12-10-16)29-25(31)18-6-4-5-7-19(18)26(29)32/h4-7,9-12,15H,3,8,13-14H2,1-2H3,(H,28,30). The van der Waals surface area contributed by atoms with Gasteiger partial charge in [0.15, 0.2) is 0 Å². The first-order valence-electron chi connectivity index (χ1n) is 11.6. The predicted molar refractivity (Wildman–Crippen MR) is 133 cm³/mol. The summed E-state index contributed by atoms with van der Waals surface area (Å²) in [7, 11) is 0. The average molecular weight is 489 g/mol. The number of thiophene rings is 1. The minimum absolute atomic E-state index is 0.256. The number of hydrogen-bond donors (Lipinski definition) is 1. The van der Waals surface area contributed by atoms with Crippen LogP contribution in [0.5, 0.6) is 0 Å². The van der Waals surface area contributed by atoms with Crippen molar-refractivity contribution in [3.8, 4) is 0 Å². The summed E-state index contributed by atoms with van der Waals surface area (Å²) in [4.78, 5) is 53.4. The molecular formula is C27H24N2O5S. The first-order chi connectivity index (χ1) is 16.9. The molecule has 1 atom stereocenters. The number of anilines is 2. The van der Waals surface area contributed by atoms with Gasteiger partial charge in [-0.15, -0.1) is 11.3 Å². The third-order valence-electron chi connectivity index (χ3n) is 6.40. The molecule has 2 aromatic carbocycles. The second kappa shape index (κ2) is 9.11. The SMILES string of the molecule is CCOC(=O)c1c(NC(=O)c2ccc(N3C(=O)c4ccccc4C3=O)cc2)sc2c1CCC(C)C2. The Kier molecular flexibility index (Phi) is 5.98. The van der Waals surface area contributed by atoms with Crippen LogP contribution in [0.3, 0.4) is 0 Å². The van der Waals surface area contributed by atoms with Crippen molar-refractivity contribution in [2.75, 3.05) is 16.8 Å². The van der Waals surface area contributed by atoms with E-state index in [1.165, 1.54) is 11.3 Å². The molecule has 3 amide bonds. The maximum absolute atomic E-state index is 13.1. The summed E-state index contributed by atoms with van der Waals surface area (Å²) < 4.78 is 5.27. The van der Waals surface area contributed by atoms with E-state index in [4.69, 9.17) is 4.74 Å². The van der Waals surface area contributed by atoms with Gasteiger partial charge in [0.2, 0.25) is 0 Å². The van der Waals surface area contributed by atoms with E-state index in [-0.39, 0.29) is 24.3 Å². The number of carbonyl (C=O) groups is 4. The van der Waals surface area contributed by atoms with Gasteiger partial charge < -0.3 is 10.1 Å². The quantitative estimate of drug-likeness (QED) is 0.398. The Morgan fingerprint density at radius 2 is 1.71 bits per heavy atom. The second-order valence-corrected chi connectivity index (χ2v) is 9.87. The number of ether oxygens (including phenoxy) is 1. The molecule has 1 unspecified atom stereocenters. The summed E-state index contributed by atoms with van der Waals surface area (Å²) in [6.07, 6.45) is 2.64. The van der Waals surface area contributed by atoms with Gasteiger partial charge in [0.05, 0.1) is 29.0 Å². The van der Waals surface area contributed by atoms with Gasteiger partial charge in [-0.25, -0.2) is 9.69 Å². The van der Waals surface area contributed by atoms with Crippen molar-refractivity contribution in [2.24, 2.45) is 5.92 Å². The van der Waals surface area contributed by atoms with E-state index in [2.05, 4.69) is 12.2 Å². The van der Waals surface area contributed by atoms with Crippen LogP contribution in [-0.2, 0) is 17.6 Å². The average Bonchev–Trinajstić information content (AvgIpc) is 3.33. The molecular weight excluding hydrogens is 464 g/mol. The van der Waals surface area contributed by atoms with E-state index in [0.29, 0.717) is 38.9 Å². The molecule has 7 nitrogen and oxygen atoms in total. The first kappa shape index (κ1) is 23.0. The number of esters is 1. The van der Waals surface area contributed by atoms with E-state index in [1.807, 2.05) is 0 Å². The minimum Gasteiger partial charge on any atom is -0.462 e. The number of imide groups is 1. The van der Waals surface area contributed by atoms with E-state index in [9.17, 15) is 19.2 Å². The van der Waals surface area contributed by atoms with Crippen LogP contribution in [-0.4, -0.2) is 30.3 Å². The summed E-state index contributed by atoms with van der Waals surface area (Å²) in [6, 6.07) is 13.0. The van der Waals surface area contributed by atoms with E-state index < -0.39 is 5.97 Å². The molecule has 178 valence electrons. The predicted octanol–water partition coefficient (Wildman–Crippen LogP) is 5.10. The van der Waals surface area contributed by atoms with Gasteiger partial charge in [-0.2, -0.15) is 0 Å². The van der Waals surface area contributed by atoms with E-state index in [0.717, 1.165) is 34.6 Å². The fourth-order valence-corrected chi connectivity index (χ4v) is 6.01. The highest BCUT2D eigenvalue weighted by molar-refractivity contribution is 7.17. The van der Waals surface area contributed by atoms with Crippen LogP contribution >= 0.6 is 11.3 Å². The van der Waals surface area contributed by atoms with Crippen molar-refractivity contribution >= 4 is 45.7 Å². The van der Waals surface area contributed by atoms with Gasteiger partial charge in [-0.05, 0) is 74.1 Å². The fraction of sp³-hybridized carbons (Fsp3) is 0.259. The van der Waals surface area contributed by atoms with Gasteiger partial charge in [0.1, 0.15) is 5.00 Å². The Labute approximate surface area is 206 Å². The normalized spacial score (nSPS) is 16.6. The maximum Gasteiger partial charge on any atom is 0.341 e. The Morgan fingerprint density at radius 1 is 1.06 bits per heavy atom. The molecule has 35 heavy (non-hydrogen) atoms. The van der Waals surface area contributed by atoms with Gasteiger partial charge in [0, 0.05) is 10.4 Å². The largest absolute Gasteiger partial charge is 0.462 e. The van der Waals surface area contributed by atoms with Crippen molar-refractivity contribution in [2.45, 2.75) is 33.1 Å². The maximum atomic E-state index is 13.1. The third kappa shape index (κ3) is 4.04. The third-order valence-corrected chi connectivity index (χ3v) is 7.57. The topological polar surface area (TPSA) is 92.8 Å². The van der Waals surface area contributed by atoms with Crippen LogP contribution in [0.2, 0.25) is 0 Å². The summed E-state index contributed by atoms with van der Waals surface area (Å²) in [5.74, 6) is -1.05. The molecule has 0 bridgehead atoms. The van der Waals surface area contributed by atoms with Crippen molar-refractivity contribution in [1.82, 2.24) is 0 Å². The number of hydrogen-bond acceptors (Lipinski definition) is 6. The molecule has 0 fully saturated rings. The zero-order valence-electron chi connectivity index (χ0n) is 19.4. The van der Waals surface area contributed by atoms with Crippen molar-refractivity contribution in [3.63, 3.8) is 0 Å². The Morgan fingerprint density at radius 3 is 2.34 bits per heavy atom. The zero-order chi connectivity index (χ0) is 24.7. The number of amides is 3. The molecule has 1 aliphatic heterocycles. The number of carbonyl (C=O) groups excluding carboxylic acids is 4. The van der Waals surface area contributed by atoms with Crippen LogP contribution in [0.1, 0.15) is 72.1 Å². The molecule has 1 aliphatic carbocycles. The number of fused-ring (bicyclic) bond motifs is 2. The summed E-state index contributed by atoms with van der Waals surface area (Å²) in [5, 5.41) is 3.39. The molecule has 8 heteroatoms. The molecule has 5 rings (SSSR count). The molecule has 0 spiro atoms. The van der Waals surface area contributed by atoms with Crippen molar-refractivity contribution < 1.29 is 23.9 Å². The zero-order valence-corrected chi connectivity index (χ0v) is 20.2. The molecule has 2 heterocycles. The molecule has 0 saturated heterocycles. The van der Waals surface area contributed by atoms with Crippen LogP contribution in [0.15, 0.2) is 48.5 Å². The molecule has 2 aliphatic rings. The molecule has 0 saturated carbocycles. The molecule has 0 radical (unpaired) electrons. The lowest BCUT2D eigenvalue weighted by Crippen LogP contribution is -2.29. The van der Waals surface area contributed by atoms with Gasteiger partial charge in [-0.3, -0.25) is 14.4 Å². The van der Waals surface area contributed by atoms with E-state index in [1.54, 1.807) is 55.5 Å². The molecule has 1 N–H and O–H groups in total. The highest BCUT2D eigenvalue weighted by Crippen LogP contribution is 2.40. The monoisotopic (exact) mass is 488 g/mol. The lowest BCUT2D eigenvalue weighted by atomic mass is 9.88. The lowest BCUT2D eigenvalue weighted by molar-refractivity contribution is 0.0526. The highest BCUT2D eigenvalue weighted by Gasteiger charge is 2.36. The van der Waals surface area contributed by atoms with Gasteiger partial charge in [0.25, 0.3) is 17.7 Å². The van der Waals surface area contributed by atoms with Crippen LogP contribution in [0, 0.1) is 5.92 Å². The van der Waals surface area contributed by atoms with Crippen LogP contribution < -0.4 is 10.2 Å². The van der Waals surface area contributed by atoms with Crippen LogP contribution in [0.4, 0.5) is 10.7 Å². The first-order valence-corrected chi connectivity index (χ1v) is 12.4. The fourth-order valence-electron chi connectivity index (χ4n) is 4.62. The number of nitrogens with one attached hydrogen (secondary N) is 1. The minimum atomic E-state index is -0.421. The van der Waals surface area contributed by atoms with Crippen LogP contribution in [0.25, 0.3) is 0 Å². The summed E-state index contributed by atoms with van der Waals surface area (Å²) in [5.41, 5.74) is 2.89. The number of benzene rings is 2. The van der Waals surface area contributed by atoms with Crippen molar-refractivity contribution in [1.29, 1.82) is 0 Å². The van der Waals surface area contributed by atoms with Crippen molar-refractivity contribution in [3.05, 3.63) is 81.2 Å². The van der Waals surface area contributed by atoms with Gasteiger partial charge in [-0.1, -0.05) is 19.1 Å². The summed E-state index contributed by atoms with van der Waals surface area (Å²) in [6.45, 7) is 4.19. The summed E-state index contributed by atoms with van der Waals surface area (Å²) >= 11 is 1.43. The van der Waals surface area contributed by atoms with Gasteiger partial charge >= 0.3 is 5.97 Å². The molecule has 1 aromatic heterocycles. The Bertz CT molecular complexity index is 1320. The Hall–Kier alpha value is -3.78. The smallest absolute Gasteiger partial charge is 0.341 e. The molecule has 3 aromatic rings. The second-order valence-electron chi connectivity index (χ2n) is 8.77. The number of rotatable bonds is 5. The Balaban J connectivity index is 1.38. The number of nitrogens with zero attached hydrogens (tertiary/aromatic N) is 1. The highest BCUT2D eigenvalue weighted by atomic mass is 32.1.